The molecule has 34 heavy (non-hydrogen) atoms. The Bertz CT molecular complexity index is 936. The van der Waals surface area contributed by atoms with Crippen molar-refractivity contribution < 1.29 is 9.53 Å². The van der Waals surface area contributed by atoms with E-state index in [1.54, 1.807) is 18.6 Å². The average Bonchev–Trinajstić information content (AvgIpc) is 3.54. The van der Waals surface area contributed by atoms with Crippen molar-refractivity contribution >= 4 is 29.4 Å². The molecule has 1 atom stereocenters. The summed E-state index contributed by atoms with van der Waals surface area (Å²) >= 11 is 1.49. The fourth-order valence-corrected chi connectivity index (χ4v) is 5.68. The van der Waals surface area contributed by atoms with Crippen LogP contribution in [-0.2, 0) is 16.1 Å². The standard InChI is InChI=1S/C23H34N8O2S/c1-18-4-8-30(9-5-18)22-26-27-23(31(22)16-19-3-2-14-33-19)34-17-21(32)29-12-10-28(11-13-29)20-15-24-6-7-25-20/h6-7,15,18-19H,2-5,8-14,16-17H2,1H3. The van der Waals surface area contributed by atoms with Crippen LogP contribution in [0.2, 0.25) is 0 Å². The number of aromatic nitrogens is 5. The zero-order chi connectivity index (χ0) is 23.3. The van der Waals surface area contributed by atoms with Crippen LogP contribution in [0.3, 0.4) is 0 Å². The van der Waals surface area contributed by atoms with E-state index in [0.717, 1.165) is 75.0 Å². The van der Waals surface area contributed by atoms with Gasteiger partial charge in [0.25, 0.3) is 0 Å². The van der Waals surface area contributed by atoms with Crippen LogP contribution in [0.25, 0.3) is 0 Å². The Morgan fingerprint density at radius 1 is 1.06 bits per heavy atom. The molecule has 0 bridgehead atoms. The number of hydrogen-bond acceptors (Lipinski definition) is 9. The molecule has 2 aromatic rings. The van der Waals surface area contributed by atoms with E-state index in [2.05, 4.69) is 41.5 Å². The van der Waals surface area contributed by atoms with Crippen molar-refractivity contribution in [3.63, 3.8) is 0 Å². The van der Waals surface area contributed by atoms with Crippen LogP contribution in [0.1, 0.15) is 32.6 Å². The molecule has 0 saturated carbocycles. The van der Waals surface area contributed by atoms with Crippen molar-refractivity contribution in [2.75, 3.05) is 61.4 Å². The largest absolute Gasteiger partial charge is 0.376 e. The van der Waals surface area contributed by atoms with Gasteiger partial charge in [-0.1, -0.05) is 18.7 Å². The molecule has 10 nitrogen and oxygen atoms in total. The molecule has 3 fully saturated rings. The number of ether oxygens (including phenoxy) is 1. The highest BCUT2D eigenvalue weighted by molar-refractivity contribution is 7.99. The fraction of sp³-hybridized carbons (Fsp3) is 0.696. The van der Waals surface area contributed by atoms with Crippen molar-refractivity contribution in [3.8, 4) is 0 Å². The van der Waals surface area contributed by atoms with Crippen LogP contribution in [0, 0.1) is 5.92 Å². The Labute approximate surface area is 205 Å². The third kappa shape index (κ3) is 5.46. The van der Waals surface area contributed by atoms with Gasteiger partial charge in [-0.05, 0) is 31.6 Å². The molecule has 5 rings (SSSR count). The molecule has 3 saturated heterocycles. The molecule has 184 valence electrons. The first-order valence-corrected chi connectivity index (χ1v) is 13.4. The molecule has 3 aliphatic rings. The first-order valence-electron chi connectivity index (χ1n) is 12.4. The highest BCUT2D eigenvalue weighted by atomic mass is 32.2. The van der Waals surface area contributed by atoms with Gasteiger partial charge >= 0.3 is 0 Å². The van der Waals surface area contributed by atoms with Crippen LogP contribution >= 0.6 is 11.8 Å². The minimum atomic E-state index is 0.142. The molecule has 1 unspecified atom stereocenters. The molecule has 0 aromatic carbocycles. The number of carbonyl (C=O) groups is 1. The molecular formula is C23H34N8O2S. The molecule has 0 radical (unpaired) electrons. The number of amides is 1. The fourth-order valence-electron chi connectivity index (χ4n) is 4.84. The van der Waals surface area contributed by atoms with E-state index in [-0.39, 0.29) is 12.0 Å². The highest BCUT2D eigenvalue weighted by Gasteiger charge is 2.27. The summed E-state index contributed by atoms with van der Waals surface area (Å²) in [6.07, 6.45) is 9.86. The maximum Gasteiger partial charge on any atom is 0.233 e. The van der Waals surface area contributed by atoms with Gasteiger partial charge in [-0.15, -0.1) is 10.2 Å². The predicted octanol–water partition coefficient (Wildman–Crippen LogP) is 1.92. The van der Waals surface area contributed by atoms with Crippen molar-refractivity contribution in [1.82, 2.24) is 29.6 Å². The lowest BCUT2D eigenvalue weighted by Crippen LogP contribution is -2.49. The Balaban J connectivity index is 1.20. The van der Waals surface area contributed by atoms with E-state index >= 15 is 0 Å². The van der Waals surface area contributed by atoms with E-state index in [4.69, 9.17) is 4.74 Å². The van der Waals surface area contributed by atoms with Crippen LogP contribution < -0.4 is 9.80 Å². The number of anilines is 2. The SMILES string of the molecule is CC1CCN(c2nnc(SCC(=O)N3CCN(c4cnccn4)CC3)n2CC2CCCO2)CC1. The lowest BCUT2D eigenvalue weighted by atomic mass is 10.00. The summed E-state index contributed by atoms with van der Waals surface area (Å²) in [7, 11) is 0. The van der Waals surface area contributed by atoms with Crippen LogP contribution in [-0.4, -0.2) is 93.3 Å². The lowest BCUT2D eigenvalue weighted by molar-refractivity contribution is -0.128. The first kappa shape index (κ1) is 23.3. The zero-order valence-electron chi connectivity index (χ0n) is 19.9. The average molecular weight is 487 g/mol. The number of carbonyl (C=O) groups excluding carboxylic acids is 1. The summed E-state index contributed by atoms with van der Waals surface area (Å²) in [5.41, 5.74) is 0. The van der Waals surface area contributed by atoms with Gasteiger partial charge in [0.1, 0.15) is 5.82 Å². The van der Waals surface area contributed by atoms with Gasteiger partial charge in [0.15, 0.2) is 5.16 Å². The van der Waals surface area contributed by atoms with Gasteiger partial charge in [-0.3, -0.25) is 14.3 Å². The molecule has 1 amide bonds. The predicted molar refractivity (Wildman–Crippen MR) is 131 cm³/mol. The number of piperazine rings is 1. The number of nitrogens with zero attached hydrogens (tertiary/aromatic N) is 8. The van der Waals surface area contributed by atoms with E-state index in [1.807, 2.05) is 4.90 Å². The Kier molecular flexibility index (Phi) is 7.48. The van der Waals surface area contributed by atoms with Crippen molar-refractivity contribution in [1.29, 1.82) is 0 Å². The number of rotatable bonds is 7. The third-order valence-corrected chi connectivity index (χ3v) is 7.96. The van der Waals surface area contributed by atoms with Gasteiger partial charge in [-0.25, -0.2) is 4.98 Å². The molecule has 5 heterocycles. The van der Waals surface area contributed by atoms with Crippen LogP contribution in [0.15, 0.2) is 23.7 Å². The molecule has 0 N–H and O–H groups in total. The van der Waals surface area contributed by atoms with E-state index in [9.17, 15) is 4.79 Å². The van der Waals surface area contributed by atoms with E-state index in [1.165, 1.54) is 24.6 Å². The summed E-state index contributed by atoms with van der Waals surface area (Å²) in [6.45, 7) is 8.81. The second-order valence-electron chi connectivity index (χ2n) is 9.42. The van der Waals surface area contributed by atoms with Gasteiger partial charge in [-0.2, -0.15) is 0 Å². The Hall–Kier alpha value is -2.40. The first-order chi connectivity index (χ1) is 16.7. The van der Waals surface area contributed by atoms with Crippen molar-refractivity contribution in [2.45, 2.75) is 50.4 Å². The second-order valence-corrected chi connectivity index (χ2v) is 10.4. The van der Waals surface area contributed by atoms with Gasteiger partial charge in [0.05, 0.1) is 24.6 Å². The maximum absolute atomic E-state index is 13.0. The normalized spacial score (nSPS) is 21.9. The third-order valence-electron chi connectivity index (χ3n) is 7.00. The van der Waals surface area contributed by atoms with Crippen LogP contribution in [0.4, 0.5) is 11.8 Å². The second kappa shape index (κ2) is 10.9. The lowest BCUT2D eigenvalue weighted by Gasteiger charge is -2.35. The molecule has 3 aliphatic heterocycles. The summed E-state index contributed by atoms with van der Waals surface area (Å²) in [5.74, 6) is 3.06. The molecule has 0 spiro atoms. The topological polar surface area (TPSA) is 92.5 Å². The van der Waals surface area contributed by atoms with E-state index in [0.29, 0.717) is 18.8 Å². The monoisotopic (exact) mass is 486 g/mol. The van der Waals surface area contributed by atoms with Gasteiger partial charge < -0.3 is 19.4 Å². The molecule has 0 aliphatic carbocycles. The molecule has 11 heteroatoms. The van der Waals surface area contributed by atoms with Crippen molar-refractivity contribution in [2.24, 2.45) is 5.92 Å². The minimum Gasteiger partial charge on any atom is -0.376 e. The number of piperidine rings is 1. The summed E-state index contributed by atoms with van der Waals surface area (Å²) in [6, 6.07) is 0. The smallest absolute Gasteiger partial charge is 0.233 e. The number of thioether (sulfide) groups is 1. The minimum absolute atomic E-state index is 0.142. The maximum atomic E-state index is 13.0. The van der Waals surface area contributed by atoms with Gasteiger partial charge in [0.2, 0.25) is 11.9 Å². The molecular weight excluding hydrogens is 452 g/mol. The zero-order valence-corrected chi connectivity index (χ0v) is 20.7. The quantitative estimate of drug-likeness (QED) is 0.544. The van der Waals surface area contributed by atoms with Gasteiger partial charge in [0, 0.05) is 58.3 Å². The van der Waals surface area contributed by atoms with E-state index < -0.39 is 0 Å². The summed E-state index contributed by atoms with van der Waals surface area (Å²) < 4.78 is 8.10. The molecule has 2 aromatic heterocycles. The summed E-state index contributed by atoms with van der Waals surface area (Å²) in [4.78, 5) is 28.0. The Morgan fingerprint density at radius 3 is 2.59 bits per heavy atom. The summed E-state index contributed by atoms with van der Waals surface area (Å²) in [5, 5.41) is 9.88. The Morgan fingerprint density at radius 2 is 1.88 bits per heavy atom. The number of hydrogen-bond donors (Lipinski definition) is 0. The highest BCUT2D eigenvalue weighted by Crippen LogP contribution is 2.28. The van der Waals surface area contributed by atoms with Crippen LogP contribution in [0.5, 0.6) is 0 Å². The van der Waals surface area contributed by atoms with Crippen molar-refractivity contribution in [3.05, 3.63) is 18.6 Å².